The van der Waals surface area contributed by atoms with Crippen molar-refractivity contribution in [3.63, 3.8) is 0 Å². The van der Waals surface area contributed by atoms with E-state index in [1.54, 1.807) is 0 Å². The second-order valence-electron chi connectivity index (χ2n) is 4.74. The molecule has 98 valence electrons. The molecule has 18 heavy (non-hydrogen) atoms. The molecule has 4 nitrogen and oxygen atoms in total. The topological polar surface area (TPSA) is 34.0 Å². The highest BCUT2D eigenvalue weighted by atomic mass is 35.5. The zero-order valence-electron chi connectivity index (χ0n) is 11.1. The molecule has 2 aromatic heterocycles. The standard InChI is InChI=1S/C13H19ClN4/c1-10(17(2)3)9-18-12(6-7-14)16-11-5-4-8-15-13(11)18/h4-5,8,10H,6-7,9H2,1-3H3. The van der Waals surface area contributed by atoms with Crippen molar-refractivity contribution in [2.75, 3.05) is 20.0 Å². The molecule has 5 heteroatoms. The molecule has 2 heterocycles. The Morgan fingerprint density at radius 1 is 1.44 bits per heavy atom. The number of likely N-dealkylation sites (N-methyl/N-ethyl adjacent to an activating group) is 1. The average molecular weight is 267 g/mol. The predicted molar refractivity (Wildman–Crippen MR) is 75.1 cm³/mol. The number of aryl methyl sites for hydroxylation is 1. The van der Waals surface area contributed by atoms with Crippen LogP contribution in [-0.4, -0.2) is 45.5 Å². The molecule has 0 aliphatic carbocycles. The number of pyridine rings is 1. The van der Waals surface area contributed by atoms with Crippen LogP contribution in [0.4, 0.5) is 0 Å². The highest BCUT2D eigenvalue weighted by Crippen LogP contribution is 2.15. The molecule has 0 spiro atoms. The maximum Gasteiger partial charge on any atom is 0.160 e. The summed E-state index contributed by atoms with van der Waals surface area (Å²) in [5, 5.41) is 0. The highest BCUT2D eigenvalue weighted by molar-refractivity contribution is 6.17. The molecule has 0 amide bonds. The van der Waals surface area contributed by atoms with E-state index in [0.29, 0.717) is 11.9 Å². The lowest BCUT2D eigenvalue weighted by atomic mass is 10.3. The third-order valence-electron chi connectivity index (χ3n) is 3.23. The first-order valence-electron chi connectivity index (χ1n) is 6.16. The molecule has 2 rings (SSSR count). The van der Waals surface area contributed by atoms with Gasteiger partial charge in [-0.2, -0.15) is 0 Å². The van der Waals surface area contributed by atoms with Crippen LogP contribution in [0.2, 0.25) is 0 Å². The lowest BCUT2D eigenvalue weighted by Gasteiger charge is -2.21. The molecular formula is C13H19ClN4. The molecule has 0 fully saturated rings. The second kappa shape index (κ2) is 5.67. The lowest BCUT2D eigenvalue weighted by Crippen LogP contribution is -2.30. The molecule has 0 aliphatic heterocycles. The molecule has 0 N–H and O–H groups in total. The number of imidazole rings is 1. The van der Waals surface area contributed by atoms with Gasteiger partial charge < -0.3 is 9.47 Å². The normalized spacial score (nSPS) is 13.4. The fraction of sp³-hybridized carbons (Fsp3) is 0.538. The second-order valence-corrected chi connectivity index (χ2v) is 5.11. The van der Waals surface area contributed by atoms with Crippen LogP contribution in [0.3, 0.4) is 0 Å². The zero-order valence-corrected chi connectivity index (χ0v) is 11.9. The third-order valence-corrected chi connectivity index (χ3v) is 3.42. The SMILES string of the molecule is CC(Cn1c(CCCl)nc2cccnc21)N(C)C. The first-order chi connectivity index (χ1) is 8.63. The molecule has 0 aliphatic rings. The van der Waals surface area contributed by atoms with Gasteiger partial charge in [0.1, 0.15) is 11.3 Å². The summed E-state index contributed by atoms with van der Waals surface area (Å²) < 4.78 is 2.18. The van der Waals surface area contributed by atoms with E-state index in [1.807, 2.05) is 18.3 Å². The molecule has 1 unspecified atom stereocenters. The molecule has 0 radical (unpaired) electrons. The van der Waals surface area contributed by atoms with Crippen LogP contribution in [0.1, 0.15) is 12.7 Å². The molecule has 0 aromatic carbocycles. The van der Waals surface area contributed by atoms with E-state index in [4.69, 9.17) is 11.6 Å². The van der Waals surface area contributed by atoms with Gasteiger partial charge in [0.15, 0.2) is 5.65 Å². The van der Waals surface area contributed by atoms with E-state index >= 15 is 0 Å². The van der Waals surface area contributed by atoms with Gasteiger partial charge >= 0.3 is 0 Å². The molecule has 0 saturated heterocycles. The van der Waals surface area contributed by atoms with Gasteiger partial charge in [-0.05, 0) is 33.2 Å². The minimum Gasteiger partial charge on any atom is -0.311 e. The number of rotatable bonds is 5. The molecule has 0 saturated carbocycles. The van der Waals surface area contributed by atoms with Gasteiger partial charge in [0.05, 0.1) is 0 Å². The Kier molecular flexibility index (Phi) is 4.19. The van der Waals surface area contributed by atoms with E-state index in [9.17, 15) is 0 Å². The van der Waals surface area contributed by atoms with Gasteiger partial charge in [-0.25, -0.2) is 9.97 Å². The van der Waals surface area contributed by atoms with Crippen molar-refractivity contribution < 1.29 is 0 Å². The van der Waals surface area contributed by atoms with Crippen LogP contribution in [-0.2, 0) is 13.0 Å². The van der Waals surface area contributed by atoms with Crippen LogP contribution >= 0.6 is 11.6 Å². The van der Waals surface area contributed by atoms with Crippen molar-refractivity contribution in [3.05, 3.63) is 24.2 Å². The number of fused-ring (bicyclic) bond motifs is 1. The van der Waals surface area contributed by atoms with Gasteiger partial charge in [0.25, 0.3) is 0 Å². The highest BCUT2D eigenvalue weighted by Gasteiger charge is 2.14. The Hall–Kier alpha value is -1.13. The first-order valence-corrected chi connectivity index (χ1v) is 6.69. The molecular weight excluding hydrogens is 248 g/mol. The zero-order chi connectivity index (χ0) is 13.1. The Balaban J connectivity index is 2.41. The maximum atomic E-state index is 5.85. The van der Waals surface area contributed by atoms with E-state index in [-0.39, 0.29) is 0 Å². The Morgan fingerprint density at radius 2 is 2.22 bits per heavy atom. The van der Waals surface area contributed by atoms with Gasteiger partial charge in [-0.15, -0.1) is 11.6 Å². The predicted octanol–water partition coefficient (Wildman–Crippen LogP) is 2.16. The molecule has 1 atom stereocenters. The van der Waals surface area contributed by atoms with Crippen molar-refractivity contribution in [1.82, 2.24) is 19.4 Å². The maximum absolute atomic E-state index is 5.85. The van der Waals surface area contributed by atoms with Gasteiger partial charge in [0.2, 0.25) is 0 Å². The Labute approximate surface area is 113 Å². The van der Waals surface area contributed by atoms with Crippen molar-refractivity contribution in [1.29, 1.82) is 0 Å². The fourth-order valence-corrected chi connectivity index (χ4v) is 2.07. The average Bonchev–Trinajstić information content (AvgIpc) is 2.68. The minimum absolute atomic E-state index is 0.429. The summed E-state index contributed by atoms with van der Waals surface area (Å²) in [6.07, 6.45) is 2.59. The fourth-order valence-electron chi connectivity index (χ4n) is 1.90. The number of nitrogens with zero attached hydrogens (tertiary/aromatic N) is 4. The van der Waals surface area contributed by atoms with Gasteiger partial charge in [-0.1, -0.05) is 0 Å². The summed E-state index contributed by atoms with van der Waals surface area (Å²) in [5.41, 5.74) is 1.90. The minimum atomic E-state index is 0.429. The van der Waals surface area contributed by atoms with Crippen molar-refractivity contribution >= 4 is 22.8 Å². The largest absolute Gasteiger partial charge is 0.311 e. The number of aromatic nitrogens is 3. The van der Waals surface area contributed by atoms with E-state index in [1.165, 1.54) is 0 Å². The van der Waals surface area contributed by atoms with Crippen LogP contribution in [0.15, 0.2) is 18.3 Å². The van der Waals surface area contributed by atoms with Crippen LogP contribution in [0.5, 0.6) is 0 Å². The smallest absolute Gasteiger partial charge is 0.160 e. The lowest BCUT2D eigenvalue weighted by molar-refractivity contribution is 0.283. The van der Waals surface area contributed by atoms with Crippen LogP contribution in [0, 0.1) is 0 Å². The number of hydrogen-bond donors (Lipinski definition) is 0. The third kappa shape index (κ3) is 2.65. The number of halogens is 1. The quantitative estimate of drug-likeness (QED) is 0.778. The summed E-state index contributed by atoms with van der Waals surface area (Å²) in [6.45, 7) is 3.08. The monoisotopic (exact) mass is 266 g/mol. The number of alkyl halides is 1. The van der Waals surface area contributed by atoms with Gasteiger partial charge in [0, 0.05) is 31.1 Å². The summed E-state index contributed by atoms with van der Waals surface area (Å²) in [5.74, 6) is 1.60. The van der Waals surface area contributed by atoms with Gasteiger partial charge in [-0.3, -0.25) is 0 Å². The number of hydrogen-bond acceptors (Lipinski definition) is 3. The van der Waals surface area contributed by atoms with Crippen molar-refractivity contribution in [2.24, 2.45) is 0 Å². The molecule has 0 bridgehead atoms. The summed E-state index contributed by atoms with van der Waals surface area (Å²) in [6, 6.07) is 4.34. The van der Waals surface area contributed by atoms with Crippen LogP contribution < -0.4 is 0 Å². The summed E-state index contributed by atoms with van der Waals surface area (Å²) >= 11 is 5.85. The Bertz CT molecular complexity index is 521. The van der Waals surface area contributed by atoms with Crippen molar-refractivity contribution in [3.8, 4) is 0 Å². The summed E-state index contributed by atoms with van der Waals surface area (Å²) in [4.78, 5) is 11.2. The van der Waals surface area contributed by atoms with Crippen LogP contribution in [0.25, 0.3) is 11.2 Å². The Morgan fingerprint density at radius 3 is 2.89 bits per heavy atom. The van der Waals surface area contributed by atoms with Crippen molar-refractivity contribution in [2.45, 2.75) is 25.9 Å². The van der Waals surface area contributed by atoms with E-state index in [2.05, 4.69) is 40.5 Å². The molecule has 2 aromatic rings. The van der Waals surface area contributed by atoms with E-state index in [0.717, 1.165) is 30.0 Å². The van der Waals surface area contributed by atoms with E-state index < -0.39 is 0 Å². The first kappa shape index (κ1) is 13.3. The summed E-state index contributed by atoms with van der Waals surface area (Å²) in [7, 11) is 4.16.